The van der Waals surface area contributed by atoms with Crippen LogP contribution in [0.25, 0.3) is 0 Å². The predicted octanol–water partition coefficient (Wildman–Crippen LogP) is 3.02. The minimum atomic E-state index is -4.48. The van der Waals surface area contributed by atoms with Gasteiger partial charge in [0.1, 0.15) is 6.17 Å². The Kier molecular flexibility index (Phi) is 3.63. The molecule has 0 radical (unpaired) electrons. The van der Waals surface area contributed by atoms with E-state index in [4.69, 9.17) is 23.8 Å². The number of hydrogen-bond donors (Lipinski definition) is 1. The fourth-order valence-corrected chi connectivity index (χ4v) is 2.31. The van der Waals surface area contributed by atoms with Crippen molar-refractivity contribution in [2.45, 2.75) is 12.3 Å². The Balaban J connectivity index is 2.40. The van der Waals surface area contributed by atoms with Gasteiger partial charge in [0.15, 0.2) is 5.11 Å². The Hall–Kier alpha value is -1.05. The van der Waals surface area contributed by atoms with Crippen LogP contribution in [0.2, 0.25) is 5.02 Å². The Morgan fingerprint density at radius 1 is 1.32 bits per heavy atom. The lowest BCUT2D eigenvalue weighted by Crippen LogP contribution is -2.32. The molecule has 1 unspecified atom stereocenters. The van der Waals surface area contributed by atoms with Crippen LogP contribution in [0.3, 0.4) is 0 Å². The molecule has 1 aliphatic heterocycles. The molecule has 1 aromatic carbocycles. The van der Waals surface area contributed by atoms with Crippen molar-refractivity contribution < 1.29 is 13.2 Å². The van der Waals surface area contributed by atoms with Crippen molar-refractivity contribution >= 4 is 28.9 Å². The Labute approximate surface area is 118 Å². The zero-order valence-electron chi connectivity index (χ0n) is 10.1. The van der Waals surface area contributed by atoms with Gasteiger partial charge in [0, 0.05) is 14.1 Å². The quantitative estimate of drug-likeness (QED) is 0.803. The van der Waals surface area contributed by atoms with Gasteiger partial charge in [-0.3, -0.25) is 5.01 Å². The lowest BCUT2D eigenvalue weighted by molar-refractivity contribution is -0.137. The van der Waals surface area contributed by atoms with Gasteiger partial charge in [0.25, 0.3) is 0 Å². The van der Waals surface area contributed by atoms with E-state index in [2.05, 4.69) is 5.32 Å². The van der Waals surface area contributed by atoms with Gasteiger partial charge < -0.3 is 5.32 Å². The number of nitrogens with zero attached hydrogens (tertiary/aromatic N) is 2. The van der Waals surface area contributed by atoms with Crippen LogP contribution in [-0.4, -0.2) is 29.2 Å². The molecule has 1 atom stereocenters. The molecule has 0 saturated carbocycles. The summed E-state index contributed by atoms with van der Waals surface area (Å²) >= 11 is 10.6. The van der Waals surface area contributed by atoms with Crippen LogP contribution in [0.15, 0.2) is 18.2 Å². The maximum absolute atomic E-state index is 12.8. The van der Waals surface area contributed by atoms with Gasteiger partial charge in [-0.05, 0) is 29.9 Å². The fraction of sp³-hybridized carbons (Fsp3) is 0.364. The van der Waals surface area contributed by atoms with Crippen molar-refractivity contribution in [1.29, 1.82) is 0 Å². The summed E-state index contributed by atoms with van der Waals surface area (Å²) in [4.78, 5) is 0. The first-order valence-electron chi connectivity index (χ1n) is 5.35. The highest BCUT2D eigenvalue weighted by atomic mass is 35.5. The molecule has 1 heterocycles. The van der Waals surface area contributed by atoms with E-state index >= 15 is 0 Å². The number of hydrogen-bond acceptors (Lipinski definition) is 2. The van der Waals surface area contributed by atoms with E-state index < -0.39 is 17.9 Å². The van der Waals surface area contributed by atoms with Crippen molar-refractivity contribution in [2.75, 3.05) is 14.1 Å². The van der Waals surface area contributed by atoms with E-state index in [9.17, 15) is 13.2 Å². The third kappa shape index (κ3) is 2.63. The topological polar surface area (TPSA) is 18.5 Å². The molecule has 0 aromatic heterocycles. The maximum Gasteiger partial charge on any atom is 0.417 e. The first-order chi connectivity index (χ1) is 8.71. The van der Waals surface area contributed by atoms with E-state index in [0.29, 0.717) is 10.7 Å². The van der Waals surface area contributed by atoms with Crippen LogP contribution < -0.4 is 5.32 Å². The van der Waals surface area contributed by atoms with Crippen LogP contribution in [-0.2, 0) is 6.18 Å². The largest absolute Gasteiger partial charge is 0.417 e. The molecule has 1 fully saturated rings. The van der Waals surface area contributed by atoms with Crippen molar-refractivity contribution in [3.8, 4) is 0 Å². The molecule has 1 aromatic rings. The summed E-state index contributed by atoms with van der Waals surface area (Å²) in [6, 6.07) is 3.84. The van der Waals surface area contributed by atoms with Gasteiger partial charge in [0.05, 0.1) is 10.6 Å². The fourth-order valence-electron chi connectivity index (χ4n) is 1.85. The Bertz CT molecular complexity index is 520. The third-order valence-electron chi connectivity index (χ3n) is 3.01. The summed E-state index contributed by atoms with van der Waals surface area (Å²) in [5.41, 5.74) is -0.395. The normalized spacial score (nSPS) is 20.8. The van der Waals surface area contributed by atoms with E-state index in [0.717, 1.165) is 6.07 Å². The molecule has 1 aliphatic rings. The number of rotatable bonds is 1. The molecule has 1 saturated heterocycles. The molecule has 3 nitrogen and oxygen atoms in total. The molecular weight excluding hydrogens is 299 g/mol. The standard InChI is InChI=1S/C11H11ClF3N3S/c1-17-9(16-10(19)18(17)2)6-3-4-8(12)7(5-6)11(13,14)15/h3-5,9H,1-2H3,(H,16,19). The summed E-state index contributed by atoms with van der Waals surface area (Å²) in [7, 11) is 3.47. The first kappa shape index (κ1) is 14.4. The molecule has 0 bridgehead atoms. The average Bonchev–Trinajstić information content (AvgIpc) is 2.56. The number of thiocarbonyl (C=S) groups is 1. The maximum atomic E-state index is 12.8. The van der Waals surface area contributed by atoms with Crippen LogP contribution in [0.4, 0.5) is 13.2 Å². The van der Waals surface area contributed by atoms with Gasteiger partial charge in [0.2, 0.25) is 0 Å². The van der Waals surface area contributed by atoms with Crippen LogP contribution in [0, 0.1) is 0 Å². The Morgan fingerprint density at radius 3 is 2.42 bits per heavy atom. The van der Waals surface area contributed by atoms with Gasteiger partial charge >= 0.3 is 6.18 Å². The molecule has 19 heavy (non-hydrogen) atoms. The first-order valence-corrected chi connectivity index (χ1v) is 6.14. The lowest BCUT2D eigenvalue weighted by atomic mass is 10.1. The molecule has 0 aliphatic carbocycles. The van der Waals surface area contributed by atoms with E-state index in [1.165, 1.54) is 6.07 Å². The molecule has 1 N–H and O–H groups in total. The van der Waals surface area contributed by atoms with Gasteiger partial charge in [-0.25, -0.2) is 0 Å². The summed E-state index contributed by atoms with van der Waals surface area (Å²) < 4.78 is 38.4. The number of alkyl halides is 3. The molecule has 8 heteroatoms. The summed E-state index contributed by atoms with van der Waals surface area (Å²) in [5.74, 6) is 0. The third-order valence-corrected chi connectivity index (χ3v) is 3.72. The van der Waals surface area contributed by atoms with Gasteiger partial charge in [-0.2, -0.15) is 18.2 Å². The zero-order valence-corrected chi connectivity index (χ0v) is 11.7. The lowest BCUT2D eigenvalue weighted by Gasteiger charge is -2.24. The molecule has 2 rings (SSSR count). The molecule has 0 amide bonds. The summed E-state index contributed by atoms with van der Waals surface area (Å²) in [6.07, 6.45) is -4.91. The van der Waals surface area contributed by atoms with Gasteiger partial charge in [-0.15, -0.1) is 0 Å². The highest BCUT2D eigenvalue weighted by Gasteiger charge is 2.36. The van der Waals surface area contributed by atoms with E-state index in [1.54, 1.807) is 30.2 Å². The predicted molar refractivity (Wildman–Crippen MR) is 70.5 cm³/mol. The summed E-state index contributed by atoms with van der Waals surface area (Å²) in [5, 5.41) is 6.45. The number of nitrogens with one attached hydrogen (secondary N) is 1. The van der Waals surface area contributed by atoms with Crippen LogP contribution in [0.5, 0.6) is 0 Å². The average molecular weight is 310 g/mol. The molecule has 0 spiro atoms. The minimum Gasteiger partial charge on any atom is -0.341 e. The smallest absolute Gasteiger partial charge is 0.341 e. The van der Waals surface area contributed by atoms with Crippen molar-refractivity contribution in [3.05, 3.63) is 34.3 Å². The SMILES string of the molecule is CN1C(=S)NC(c2ccc(Cl)c(C(F)(F)F)c2)N1C. The molecular formula is C11H11ClF3N3S. The monoisotopic (exact) mass is 309 g/mol. The second-order valence-corrected chi connectivity index (χ2v) is 4.98. The van der Waals surface area contributed by atoms with Gasteiger partial charge in [-0.1, -0.05) is 17.7 Å². The van der Waals surface area contributed by atoms with Crippen molar-refractivity contribution in [3.63, 3.8) is 0 Å². The van der Waals surface area contributed by atoms with Crippen LogP contribution in [0.1, 0.15) is 17.3 Å². The number of hydrazine groups is 1. The van der Waals surface area contributed by atoms with E-state index in [1.807, 2.05) is 0 Å². The number of benzene rings is 1. The van der Waals surface area contributed by atoms with E-state index in [-0.39, 0.29) is 5.02 Å². The second kappa shape index (κ2) is 4.81. The Morgan fingerprint density at radius 2 is 1.95 bits per heavy atom. The van der Waals surface area contributed by atoms with Crippen molar-refractivity contribution in [2.24, 2.45) is 0 Å². The second-order valence-electron chi connectivity index (χ2n) is 4.19. The molecule has 104 valence electrons. The highest BCUT2D eigenvalue weighted by molar-refractivity contribution is 7.80. The zero-order chi connectivity index (χ0) is 14.4. The van der Waals surface area contributed by atoms with Crippen LogP contribution >= 0.6 is 23.8 Å². The highest BCUT2D eigenvalue weighted by Crippen LogP contribution is 2.37. The summed E-state index contributed by atoms with van der Waals surface area (Å²) in [6.45, 7) is 0. The number of halogens is 4. The van der Waals surface area contributed by atoms with Crippen molar-refractivity contribution in [1.82, 2.24) is 15.3 Å². The minimum absolute atomic E-state index is 0.312.